The minimum absolute atomic E-state index is 0. The summed E-state index contributed by atoms with van der Waals surface area (Å²) in [5.74, 6) is 2.11. The third kappa shape index (κ3) is 2.50. The predicted octanol–water partition coefficient (Wildman–Crippen LogP) is -0.563. The second-order valence-corrected chi connectivity index (χ2v) is 5.20. The van der Waals surface area contributed by atoms with Crippen LogP contribution in [0.25, 0.3) is 11.0 Å². The Labute approximate surface area is 135 Å². The van der Waals surface area contributed by atoms with Gasteiger partial charge >= 0.3 is 5.95 Å². The second-order valence-electron chi connectivity index (χ2n) is 5.20. The van der Waals surface area contributed by atoms with Crippen LogP contribution in [0.4, 0.5) is 5.95 Å². The average molecular weight is 316 g/mol. The fraction of sp³-hybridized carbons (Fsp3) is 0.235. The normalized spacial score (nSPS) is 12.5. The second kappa shape index (κ2) is 6.28. The Balaban J connectivity index is 0.00000144. The van der Waals surface area contributed by atoms with Crippen molar-refractivity contribution in [1.29, 1.82) is 0 Å². The summed E-state index contributed by atoms with van der Waals surface area (Å²) in [5.41, 5.74) is 2.55. The molecule has 114 valence electrons. The molecule has 0 spiro atoms. The number of halogens is 1. The molecule has 1 aromatic heterocycles. The number of nitrogens with zero attached hydrogens (tertiary/aromatic N) is 2. The fourth-order valence-electron chi connectivity index (χ4n) is 2.99. The maximum absolute atomic E-state index is 5.83. The number of nitrogens with one attached hydrogen (secondary N) is 1. The van der Waals surface area contributed by atoms with Gasteiger partial charge in [-0.3, -0.25) is 5.32 Å². The van der Waals surface area contributed by atoms with Gasteiger partial charge in [0.1, 0.15) is 36.5 Å². The number of hydrogen-bond donors (Lipinski definition) is 1. The molecule has 1 aliphatic heterocycles. The molecule has 2 aromatic carbocycles. The molecule has 3 aromatic rings. The number of imidazole rings is 1. The van der Waals surface area contributed by atoms with Crippen molar-refractivity contribution in [1.82, 2.24) is 4.57 Å². The van der Waals surface area contributed by atoms with Crippen LogP contribution >= 0.6 is 0 Å². The molecule has 5 heteroatoms. The van der Waals surface area contributed by atoms with E-state index in [9.17, 15) is 0 Å². The van der Waals surface area contributed by atoms with Crippen molar-refractivity contribution in [3.8, 4) is 5.75 Å². The van der Waals surface area contributed by atoms with E-state index in [1.54, 1.807) is 0 Å². The number of benzene rings is 2. The minimum atomic E-state index is 0. The summed E-state index contributed by atoms with van der Waals surface area (Å²) in [4.78, 5) is 0. The van der Waals surface area contributed by atoms with Crippen molar-refractivity contribution in [3.63, 3.8) is 0 Å². The standard InChI is InChI=1S/C17H17N3O.ClH/c1-2-6-14(7-3-1)21-13-12-20-16-9-5-4-8-15(16)19-11-10-18-17(19)20;/h1-9H,10-13H2;1H. The SMILES string of the molecule is [Cl-].c1ccc(OCCn2c3[n+](c4ccccc42)CCN3)cc1. The van der Waals surface area contributed by atoms with Crippen LogP contribution in [0.15, 0.2) is 54.6 Å². The van der Waals surface area contributed by atoms with Crippen molar-refractivity contribution in [2.45, 2.75) is 13.1 Å². The molecular weight excluding hydrogens is 298 g/mol. The number of hydrogen-bond acceptors (Lipinski definition) is 2. The summed E-state index contributed by atoms with van der Waals surface area (Å²) in [5, 5.41) is 3.48. The molecule has 2 heterocycles. The van der Waals surface area contributed by atoms with E-state index in [4.69, 9.17) is 4.74 Å². The number of anilines is 1. The van der Waals surface area contributed by atoms with Crippen molar-refractivity contribution < 1.29 is 21.7 Å². The van der Waals surface area contributed by atoms with Crippen molar-refractivity contribution in [3.05, 3.63) is 54.6 Å². The Kier molecular flexibility index (Phi) is 4.20. The van der Waals surface area contributed by atoms with Gasteiger partial charge in [0.15, 0.2) is 0 Å². The highest BCUT2D eigenvalue weighted by Gasteiger charge is 2.27. The maximum Gasteiger partial charge on any atom is 0.358 e. The van der Waals surface area contributed by atoms with Gasteiger partial charge in [-0.25, -0.2) is 9.13 Å². The van der Waals surface area contributed by atoms with Gasteiger partial charge in [0.05, 0.1) is 6.54 Å². The lowest BCUT2D eigenvalue weighted by Crippen LogP contribution is -3.00. The molecule has 0 aliphatic carbocycles. The van der Waals surface area contributed by atoms with E-state index in [0.29, 0.717) is 6.61 Å². The lowest BCUT2D eigenvalue weighted by Gasteiger charge is -2.06. The number of para-hydroxylation sites is 3. The summed E-state index contributed by atoms with van der Waals surface area (Å²) < 4.78 is 10.5. The van der Waals surface area contributed by atoms with Crippen molar-refractivity contribution in [2.75, 3.05) is 18.5 Å². The Morgan fingerprint density at radius 3 is 2.68 bits per heavy atom. The van der Waals surface area contributed by atoms with Gasteiger partial charge in [-0.15, -0.1) is 0 Å². The van der Waals surface area contributed by atoms with E-state index in [1.807, 2.05) is 30.3 Å². The molecule has 0 amide bonds. The molecule has 0 atom stereocenters. The molecule has 0 radical (unpaired) electrons. The van der Waals surface area contributed by atoms with Crippen LogP contribution in [-0.4, -0.2) is 17.7 Å². The third-order valence-electron chi connectivity index (χ3n) is 3.92. The zero-order chi connectivity index (χ0) is 14.1. The number of ether oxygens (including phenoxy) is 1. The lowest BCUT2D eigenvalue weighted by molar-refractivity contribution is -0.644. The van der Waals surface area contributed by atoms with Crippen molar-refractivity contribution in [2.24, 2.45) is 0 Å². The zero-order valence-corrected chi connectivity index (χ0v) is 13.0. The van der Waals surface area contributed by atoms with Crippen LogP contribution in [0.1, 0.15) is 0 Å². The summed E-state index contributed by atoms with van der Waals surface area (Å²) in [7, 11) is 0. The average Bonchev–Trinajstić information content (AvgIpc) is 3.11. The van der Waals surface area contributed by atoms with E-state index >= 15 is 0 Å². The first kappa shape index (κ1) is 14.7. The van der Waals surface area contributed by atoms with E-state index < -0.39 is 0 Å². The van der Waals surface area contributed by atoms with Crippen LogP contribution in [0.2, 0.25) is 0 Å². The number of aromatic nitrogens is 2. The quantitative estimate of drug-likeness (QED) is 0.654. The first-order chi connectivity index (χ1) is 10.4. The van der Waals surface area contributed by atoms with E-state index in [2.05, 4.69) is 38.7 Å². The Bertz CT molecular complexity index is 770. The first-order valence-corrected chi connectivity index (χ1v) is 7.36. The zero-order valence-electron chi connectivity index (χ0n) is 12.2. The molecule has 0 saturated carbocycles. The lowest BCUT2D eigenvalue weighted by atomic mass is 10.3. The summed E-state index contributed by atoms with van der Waals surface area (Å²) in [6.45, 7) is 3.53. The van der Waals surface area contributed by atoms with Crippen molar-refractivity contribution >= 4 is 17.0 Å². The molecule has 1 N–H and O–H groups in total. The van der Waals surface area contributed by atoms with E-state index in [-0.39, 0.29) is 12.4 Å². The van der Waals surface area contributed by atoms with Gasteiger partial charge in [-0.2, -0.15) is 0 Å². The van der Waals surface area contributed by atoms with Crippen LogP contribution in [0, 0.1) is 0 Å². The molecule has 0 fully saturated rings. The van der Waals surface area contributed by atoms with Gasteiger partial charge in [-0.1, -0.05) is 30.3 Å². The highest BCUT2D eigenvalue weighted by atomic mass is 35.5. The number of fused-ring (bicyclic) bond motifs is 3. The summed E-state index contributed by atoms with van der Waals surface area (Å²) in [6.07, 6.45) is 0. The molecule has 1 aliphatic rings. The van der Waals surface area contributed by atoms with Gasteiger partial charge in [0.25, 0.3) is 0 Å². The maximum atomic E-state index is 5.83. The largest absolute Gasteiger partial charge is 1.00 e. The van der Waals surface area contributed by atoms with Gasteiger partial charge < -0.3 is 17.1 Å². The molecule has 4 nitrogen and oxygen atoms in total. The highest BCUT2D eigenvalue weighted by Crippen LogP contribution is 2.20. The van der Waals surface area contributed by atoms with Gasteiger partial charge in [0, 0.05) is 0 Å². The highest BCUT2D eigenvalue weighted by molar-refractivity contribution is 5.74. The smallest absolute Gasteiger partial charge is 0.358 e. The fourth-order valence-corrected chi connectivity index (χ4v) is 2.99. The topological polar surface area (TPSA) is 30.1 Å². The Morgan fingerprint density at radius 1 is 1.05 bits per heavy atom. The predicted molar refractivity (Wildman–Crippen MR) is 82.6 cm³/mol. The summed E-state index contributed by atoms with van der Waals surface area (Å²) in [6, 6.07) is 18.5. The van der Waals surface area contributed by atoms with Crippen LogP contribution in [-0.2, 0) is 13.1 Å². The molecule has 22 heavy (non-hydrogen) atoms. The van der Waals surface area contributed by atoms with E-state index in [1.165, 1.54) is 17.0 Å². The molecule has 4 rings (SSSR count). The van der Waals surface area contributed by atoms with Gasteiger partial charge in [-0.05, 0) is 24.3 Å². The first-order valence-electron chi connectivity index (χ1n) is 7.36. The van der Waals surface area contributed by atoms with Crippen LogP contribution < -0.4 is 27.0 Å². The van der Waals surface area contributed by atoms with Crippen LogP contribution in [0.3, 0.4) is 0 Å². The monoisotopic (exact) mass is 315 g/mol. The third-order valence-corrected chi connectivity index (χ3v) is 3.92. The van der Waals surface area contributed by atoms with Crippen LogP contribution in [0.5, 0.6) is 5.75 Å². The summed E-state index contributed by atoms with van der Waals surface area (Å²) >= 11 is 0. The Hall–Kier alpha value is -2.20. The number of rotatable bonds is 4. The Morgan fingerprint density at radius 2 is 1.82 bits per heavy atom. The molecule has 0 bridgehead atoms. The van der Waals surface area contributed by atoms with Gasteiger partial charge in [0.2, 0.25) is 0 Å². The van der Waals surface area contributed by atoms with E-state index in [0.717, 1.165) is 25.4 Å². The molecule has 0 unspecified atom stereocenters. The molecule has 0 saturated heterocycles. The minimum Gasteiger partial charge on any atom is -1.00 e. The molecular formula is C17H18ClN3O.